The molecule has 1 aliphatic rings. The van der Waals surface area contributed by atoms with Gasteiger partial charge in [-0.1, -0.05) is 17.7 Å². The molecule has 1 aliphatic heterocycles. The molecule has 2 heterocycles. The molecule has 0 spiro atoms. The number of benzene rings is 1. The van der Waals surface area contributed by atoms with E-state index in [2.05, 4.69) is 14.3 Å². The molecule has 0 saturated carbocycles. The predicted molar refractivity (Wildman–Crippen MR) is 86.7 cm³/mol. The lowest BCUT2D eigenvalue weighted by Gasteiger charge is -2.38. The third kappa shape index (κ3) is 2.86. The number of anilines is 1. The van der Waals surface area contributed by atoms with E-state index in [9.17, 15) is 8.42 Å². The maximum absolute atomic E-state index is 12.8. The van der Waals surface area contributed by atoms with Gasteiger partial charge in [-0.15, -0.1) is 0 Å². The maximum Gasteiger partial charge on any atom is 0.243 e. The fourth-order valence-corrected chi connectivity index (χ4v) is 4.80. The van der Waals surface area contributed by atoms with Crippen molar-refractivity contribution in [2.75, 3.05) is 24.5 Å². The standard InChI is InChI=1S/C14H18N4O2S2/c1-11-3-5-13(6-4-11)22(19,20)18-8-7-17(9-12(18)2)14-15-10-16-21-14/h3-6,10,12H,7-9H2,1-2H3. The zero-order valence-corrected chi connectivity index (χ0v) is 14.1. The van der Waals surface area contributed by atoms with Crippen LogP contribution in [0.3, 0.4) is 0 Å². The summed E-state index contributed by atoms with van der Waals surface area (Å²) in [7, 11) is -3.45. The molecule has 0 N–H and O–H groups in total. The Morgan fingerprint density at radius 2 is 1.95 bits per heavy atom. The number of hydrogen-bond acceptors (Lipinski definition) is 6. The van der Waals surface area contributed by atoms with E-state index in [1.807, 2.05) is 26.0 Å². The van der Waals surface area contributed by atoms with E-state index in [1.165, 1.54) is 17.9 Å². The summed E-state index contributed by atoms with van der Waals surface area (Å²) in [4.78, 5) is 6.64. The highest BCUT2D eigenvalue weighted by atomic mass is 32.2. The van der Waals surface area contributed by atoms with Gasteiger partial charge in [0, 0.05) is 37.2 Å². The van der Waals surface area contributed by atoms with Gasteiger partial charge in [-0.25, -0.2) is 13.4 Å². The van der Waals surface area contributed by atoms with Crippen molar-refractivity contribution >= 4 is 26.7 Å². The Balaban J connectivity index is 1.79. The van der Waals surface area contributed by atoms with Gasteiger partial charge in [0.2, 0.25) is 15.2 Å². The Labute approximate surface area is 134 Å². The highest BCUT2D eigenvalue weighted by Crippen LogP contribution is 2.25. The van der Waals surface area contributed by atoms with Crippen LogP contribution >= 0.6 is 11.5 Å². The van der Waals surface area contributed by atoms with Gasteiger partial charge in [-0.3, -0.25) is 0 Å². The van der Waals surface area contributed by atoms with Crippen molar-refractivity contribution in [1.29, 1.82) is 0 Å². The van der Waals surface area contributed by atoms with E-state index >= 15 is 0 Å². The summed E-state index contributed by atoms with van der Waals surface area (Å²) in [5.74, 6) is 0. The summed E-state index contributed by atoms with van der Waals surface area (Å²) in [6.45, 7) is 5.58. The number of rotatable bonds is 3. The molecule has 8 heteroatoms. The first-order valence-electron chi connectivity index (χ1n) is 7.08. The van der Waals surface area contributed by atoms with Gasteiger partial charge in [0.15, 0.2) is 0 Å². The average Bonchev–Trinajstić information content (AvgIpc) is 3.01. The quantitative estimate of drug-likeness (QED) is 0.853. The van der Waals surface area contributed by atoms with E-state index in [1.54, 1.807) is 16.4 Å². The number of sulfonamides is 1. The molecule has 1 aromatic heterocycles. The van der Waals surface area contributed by atoms with Gasteiger partial charge in [0.25, 0.3) is 0 Å². The summed E-state index contributed by atoms with van der Waals surface area (Å²) in [5.41, 5.74) is 1.05. The largest absolute Gasteiger partial charge is 0.344 e. The molecular weight excluding hydrogens is 320 g/mol. The first kappa shape index (κ1) is 15.4. The lowest BCUT2D eigenvalue weighted by molar-refractivity contribution is 0.306. The van der Waals surface area contributed by atoms with Gasteiger partial charge in [0.1, 0.15) is 6.33 Å². The molecule has 118 valence electrons. The second-order valence-electron chi connectivity index (χ2n) is 5.45. The minimum Gasteiger partial charge on any atom is -0.344 e. The van der Waals surface area contributed by atoms with Gasteiger partial charge in [-0.2, -0.15) is 8.68 Å². The Hall–Kier alpha value is -1.51. The molecule has 0 amide bonds. The first-order valence-corrected chi connectivity index (χ1v) is 9.30. The molecule has 3 rings (SSSR count). The van der Waals surface area contributed by atoms with Crippen LogP contribution in [0, 0.1) is 6.92 Å². The molecule has 2 aromatic rings. The second kappa shape index (κ2) is 5.94. The van der Waals surface area contributed by atoms with E-state index < -0.39 is 10.0 Å². The minimum absolute atomic E-state index is 0.107. The monoisotopic (exact) mass is 338 g/mol. The Morgan fingerprint density at radius 1 is 1.23 bits per heavy atom. The molecule has 1 fully saturated rings. The van der Waals surface area contributed by atoms with E-state index in [0.29, 0.717) is 24.5 Å². The average molecular weight is 338 g/mol. The second-order valence-corrected chi connectivity index (χ2v) is 8.10. The number of aryl methyl sites for hydroxylation is 1. The topological polar surface area (TPSA) is 66.4 Å². The molecule has 1 unspecified atom stereocenters. The van der Waals surface area contributed by atoms with Gasteiger partial charge in [0.05, 0.1) is 4.90 Å². The summed E-state index contributed by atoms with van der Waals surface area (Å²) in [6.07, 6.45) is 1.53. The SMILES string of the molecule is Cc1ccc(S(=O)(=O)N2CCN(c3ncns3)CC2C)cc1. The van der Waals surface area contributed by atoms with Crippen LogP contribution < -0.4 is 4.90 Å². The van der Waals surface area contributed by atoms with Crippen LogP contribution in [0.15, 0.2) is 35.5 Å². The lowest BCUT2D eigenvalue weighted by Crippen LogP contribution is -2.53. The van der Waals surface area contributed by atoms with E-state index in [4.69, 9.17) is 0 Å². The number of piperazine rings is 1. The van der Waals surface area contributed by atoms with Crippen LogP contribution in [0.4, 0.5) is 5.13 Å². The summed E-state index contributed by atoms with van der Waals surface area (Å²) in [6, 6.07) is 6.90. The Kier molecular flexibility index (Phi) is 4.16. The molecule has 1 saturated heterocycles. The van der Waals surface area contributed by atoms with Gasteiger partial charge < -0.3 is 4.90 Å². The van der Waals surface area contributed by atoms with Crippen molar-refractivity contribution in [3.05, 3.63) is 36.2 Å². The molecule has 0 bridgehead atoms. The van der Waals surface area contributed by atoms with Crippen LogP contribution in [0.25, 0.3) is 0 Å². The smallest absolute Gasteiger partial charge is 0.243 e. The Bertz CT molecular complexity index is 729. The fourth-order valence-electron chi connectivity index (χ4n) is 2.62. The molecule has 0 aliphatic carbocycles. The van der Waals surface area contributed by atoms with Crippen molar-refractivity contribution in [1.82, 2.24) is 13.7 Å². The van der Waals surface area contributed by atoms with Crippen molar-refractivity contribution in [3.8, 4) is 0 Å². The van der Waals surface area contributed by atoms with E-state index in [0.717, 1.165) is 10.7 Å². The third-order valence-electron chi connectivity index (χ3n) is 3.81. The van der Waals surface area contributed by atoms with Crippen LogP contribution in [-0.4, -0.2) is 47.8 Å². The third-order valence-corrected chi connectivity index (χ3v) is 6.57. The fraction of sp³-hybridized carbons (Fsp3) is 0.429. The number of hydrogen-bond donors (Lipinski definition) is 0. The van der Waals surface area contributed by atoms with Crippen LogP contribution in [0.1, 0.15) is 12.5 Å². The van der Waals surface area contributed by atoms with Crippen molar-refractivity contribution in [2.45, 2.75) is 24.8 Å². The molecular formula is C14H18N4O2S2. The van der Waals surface area contributed by atoms with Crippen molar-refractivity contribution in [3.63, 3.8) is 0 Å². The molecule has 6 nitrogen and oxygen atoms in total. The maximum atomic E-state index is 12.8. The molecule has 1 atom stereocenters. The van der Waals surface area contributed by atoms with E-state index in [-0.39, 0.29) is 6.04 Å². The number of aromatic nitrogens is 2. The van der Waals surface area contributed by atoms with Crippen molar-refractivity contribution in [2.24, 2.45) is 0 Å². The van der Waals surface area contributed by atoms with Crippen LogP contribution in [0.2, 0.25) is 0 Å². The molecule has 1 aromatic carbocycles. The highest BCUT2D eigenvalue weighted by molar-refractivity contribution is 7.89. The molecule has 22 heavy (non-hydrogen) atoms. The summed E-state index contributed by atoms with van der Waals surface area (Å²) in [5, 5.41) is 0.847. The lowest BCUT2D eigenvalue weighted by atomic mass is 10.2. The van der Waals surface area contributed by atoms with Gasteiger partial charge in [-0.05, 0) is 26.0 Å². The predicted octanol–water partition coefficient (Wildman–Crippen LogP) is 1.75. The summed E-state index contributed by atoms with van der Waals surface area (Å²) < 4.78 is 31.1. The first-order chi connectivity index (χ1) is 10.5. The highest BCUT2D eigenvalue weighted by Gasteiger charge is 2.34. The molecule has 0 radical (unpaired) electrons. The minimum atomic E-state index is -3.45. The summed E-state index contributed by atoms with van der Waals surface area (Å²) >= 11 is 1.34. The zero-order valence-electron chi connectivity index (χ0n) is 12.5. The normalized spacial score (nSPS) is 20.3. The van der Waals surface area contributed by atoms with Gasteiger partial charge >= 0.3 is 0 Å². The van der Waals surface area contributed by atoms with Crippen molar-refractivity contribution < 1.29 is 8.42 Å². The number of nitrogens with zero attached hydrogens (tertiary/aromatic N) is 4. The Morgan fingerprint density at radius 3 is 2.55 bits per heavy atom. The van der Waals surface area contributed by atoms with Crippen LogP contribution in [0.5, 0.6) is 0 Å². The van der Waals surface area contributed by atoms with Crippen LogP contribution in [-0.2, 0) is 10.0 Å². The zero-order chi connectivity index (χ0) is 15.7.